The molecule has 80 heavy (non-hydrogen) atoms. The number of carbonyl (C=O) groups is 3. The first-order chi connectivity index (χ1) is 34.4. The fourth-order valence-corrected chi connectivity index (χ4v) is 10.3. The summed E-state index contributed by atoms with van der Waals surface area (Å²) in [7, 11) is -7.33. The molecule has 6 bridgehead atoms. The Morgan fingerprint density at radius 3 is 0.875 bits per heavy atom. The van der Waals surface area contributed by atoms with Gasteiger partial charge in [0.25, 0.3) is 0 Å². The van der Waals surface area contributed by atoms with Crippen LogP contribution >= 0.6 is 0 Å². The number of halogens is 6. The van der Waals surface area contributed by atoms with Crippen LogP contribution in [0.3, 0.4) is 0 Å². The Hall–Kier alpha value is -0.662. The Kier molecular flexibility index (Phi) is 44.0. The molecule has 9 aliphatic carbocycles. The first-order valence-corrected chi connectivity index (χ1v) is 26.8. The van der Waals surface area contributed by atoms with E-state index in [-0.39, 0.29) is 179 Å². The third-order valence-electron chi connectivity index (χ3n) is 14.7. The SMILES string of the molecule is C.C.C#CC12CCC(NC(=O)OC(C)(C)C)(CC1)CC2.C1CCOC1.CC(C)=CC=C(C)C.FB(F)F.FB(F)F.[2HH].[B].[CH-]=CC12CCC(NC(=O)OC(C)(C)C)(CC1)CC2.[CH-]=CC12CCC(NC(=O)OC(C)(C)C)(CC1)CC2.[K+].[K+]. The summed E-state index contributed by atoms with van der Waals surface area (Å²) in [6, 6.07) is 0. The van der Waals surface area contributed by atoms with Crippen LogP contribution in [0.4, 0.5) is 40.3 Å². The van der Waals surface area contributed by atoms with E-state index in [1.165, 1.54) is 24.0 Å². The Balaban J connectivity index is -0.000000215. The average molecular weight is 1190 g/mol. The predicted molar refractivity (Wildman–Crippen MR) is 312 cm³/mol. The van der Waals surface area contributed by atoms with Crippen molar-refractivity contribution in [3.8, 4) is 12.3 Å². The van der Waals surface area contributed by atoms with E-state index in [1.807, 2.05) is 74.5 Å². The van der Waals surface area contributed by atoms with Crippen molar-refractivity contribution in [1.29, 1.82) is 0 Å². The van der Waals surface area contributed by atoms with Crippen molar-refractivity contribution >= 4 is 41.8 Å². The topological polar surface area (TPSA) is 124 Å². The number of rotatable bonds is 6. The van der Waals surface area contributed by atoms with Crippen LogP contribution in [0.25, 0.3) is 0 Å². The predicted octanol–water partition coefficient (Wildman–Crippen LogP) is 11.0. The van der Waals surface area contributed by atoms with E-state index in [1.54, 1.807) is 0 Å². The minimum Gasteiger partial charge on any atom is -0.517 e. The molecule has 3 radical (unpaired) electrons. The fraction of sp³-hybridized carbons (Fsp3) is 0.780. The van der Waals surface area contributed by atoms with Gasteiger partial charge in [0.1, 0.15) is 16.8 Å². The summed E-state index contributed by atoms with van der Waals surface area (Å²) in [6.45, 7) is 38.9. The molecule has 449 valence electrons. The van der Waals surface area contributed by atoms with Gasteiger partial charge >= 0.3 is 136 Å². The van der Waals surface area contributed by atoms with E-state index in [0.717, 1.165) is 129 Å². The molecule has 10 rings (SSSR count). The van der Waals surface area contributed by atoms with Gasteiger partial charge in [-0.3, -0.25) is 38.0 Å². The zero-order chi connectivity index (χ0) is 57.6. The molecule has 0 aromatic heterocycles. The monoisotopic (exact) mass is 1190 g/mol. The molecule has 0 spiro atoms. The first-order valence-electron chi connectivity index (χ1n) is 26.8. The van der Waals surface area contributed by atoms with E-state index in [4.69, 9.17) is 38.5 Å². The Bertz CT molecular complexity index is 1760. The maximum Gasteiger partial charge on any atom is 1.00 e. The van der Waals surface area contributed by atoms with Crippen LogP contribution in [0.1, 0.15) is 235 Å². The maximum absolute atomic E-state index is 11.9. The summed E-state index contributed by atoms with van der Waals surface area (Å²) in [6.07, 6.45) is 33.9. The number of hydrogen-bond acceptors (Lipinski definition) is 7. The number of hydrogen-bond donors (Lipinski definition) is 3. The van der Waals surface area contributed by atoms with Crippen LogP contribution in [-0.4, -0.2) is 88.4 Å². The summed E-state index contributed by atoms with van der Waals surface area (Å²) >= 11 is 0. The van der Waals surface area contributed by atoms with Gasteiger partial charge < -0.3 is 48.1 Å². The minimum absolute atomic E-state index is 0. The van der Waals surface area contributed by atoms with Crippen molar-refractivity contribution in [2.45, 2.75) is 267 Å². The van der Waals surface area contributed by atoms with Gasteiger partial charge in [0, 0.05) is 45.1 Å². The molecule has 3 N–H and O–H groups in total. The molecular weight excluding hydrogens is 1090 g/mol. The van der Waals surface area contributed by atoms with Gasteiger partial charge in [-0.15, -0.1) is 6.42 Å². The number of carbonyl (C=O) groups excluding carboxylic acids is 3. The Labute approximate surface area is 571 Å². The zero-order valence-corrected chi connectivity index (χ0v) is 56.7. The van der Waals surface area contributed by atoms with Crippen molar-refractivity contribution in [3.63, 3.8) is 0 Å². The molecule has 0 aromatic carbocycles. The second-order valence-corrected chi connectivity index (χ2v) is 25.0. The van der Waals surface area contributed by atoms with Crippen LogP contribution in [0, 0.1) is 41.7 Å². The molecule has 1 heterocycles. The van der Waals surface area contributed by atoms with Crippen molar-refractivity contribution in [1.82, 2.24) is 16.0 Å². The number of alkyl carbamates (subject to hydrolysis) is 3. The molecular formula is C59H103B3F6K2N3O7. The smallest absolute Gasteiger partial charge is 0.517 e. The van der Waals surface area contributed by atoms with Gasteiger partial charge in [-0.05, 0) is 229 Å². The van der Waals surface area contributed by atoms with Crippen LogP contribution < -0.4 is 119 Å². The number of nitrogens with one attached hydrogen (secondary N) is 3. The molecule has 10 fully saturated rings. The van der Waals surface area contributed by atoms with Crippen molar-refractivity contribution < 1.29 is 163 Å². The number of terminal acetylenes is 1. The van der Waals surface area contributed by atoms with E-state index in [2.05, 4.69) is 61.7 Å². The Morgan fingerprint density at radius 1 is 0.512 bits per heavy atom. The van der Waals surface area contributed by atoms with Crippen molar-refractivity contribution in [3.05, 3.63) is 48.6 Å². The van der Waals surface area contributed by atoms with Gasteiger partial charge in [0.15, 0.2) is 0 Å². The van der Waals surface area contributed by atoms with E-state index >= 15 is 0 Å². The molecule has 0 aromatic rings. The third kappa shape index (κ3) is 36.4. The maximum atomic E-state index is 11.9. The van der Waals surface area contributed by atoms with E-state index in [0.29, 0.717) is 0 Å². The fourth-order valence-electron chi connectivity index (χ4n) is 10.3. The summed E-state index contributed by atoms with van der Waals surface area (Å²) in [5, 5.41) is 9.29. The largest absolute Gasteiger partial charge is 1.00 e. The van der Waals surface area contributed by atoms with Crippen molar-refractivity contribution in [2.24, 2.45) is 16.2 Å². The number of allylic oxidation sites excluding steroid dienone is 6. The molecule has 0 atom stereocenters. The van der Waals surface area contributed by atoms with Crippen LogP contribution in [0.15, 0.2) is 35.5 Å². The average Bonchev–Trinajstić information content (AvgIpc) is 3.89. The van der Waals surface area contributed by atoms with Crippen LogP contribution in [-0.2, 0) is 18.9 Å². The standard InChI is InChI=1S/2C15H24NO2.C15H23NO2.C8H14.C4H8O.2CH4.2BF3.B.2K.H2/c3*1-5-14-6-9-15(10-7-14,11-8-14)16-12(17)18-13(2,3)4;1-7(2)5-6-8(3)4;1-2-4-5-3-1;;;2*2-1(3)4;;;;/h2*1,5H,6-11H2,2-4H3,(H,16,17);1H,6-11H2,2-4H3,(H,16,17);5-6H,1-4H3;1-4H2;2*1H4;;;;;;1H/q2*-1;;;;;;;;;2*+1;/i;;;;;;;;;;;;1+1. The normalized spacial score (nSPS) is 26.6. The summed E-state index contributed by atoms with van der Waals surface area (Å²) in [5.41, 5.74) is 1.81. The van der Waals surface area contributed by atoms with Crippen LogP contribution in [0.5, 0.6) is 0 Å². The second kappa shape index (κ2) is 39.9. The summed E-state index contributed by atoms with van der Waals surface area (Å²) in [4.78, 5) is 35.7. The van der Waals surface area contributed by atoms with Gasteiger partial charge in [-0.25, -0.2) is 14.4 Å². The first kappa shape index (κ1) is 88.1. The van der Waals surface area contributed by atoms with Crippen molar-refractivity contribution in [2.75, 3.05) is 13.2 Å². The molecule has 1 saturated heterocycles. The van der Waals surface area contributed by atoms with E-state index < -0.39 is 31.9 Å². The Morgan fingerprint density at radius 2 is 0.725 bits per heavy atom. The minimum atomic E-state index is -3.67. The second-order valence-electron chi connectivity index (χ2n) is 25.0. The van der Waals surface area contributed by atoms with Gasteiger partial charge in [-0.1, -0.05) is 44.1 Å². The molecule has 0 unspecified atom stereocenters. The van der Waals surface area contributed by atoms with E-state index in [9.17, 15) is 40.3 Å². The van der Waals surface area contributed by atoms with Gasteiger partial charge in [0.2, 0.25) is 0 Å². The van der Waals surface area contributed by atoms with Gasteiger partial charge in [0.05, 0.1) is 0 Å². The van der Waals surface area contributed by atoms with Crippen LogP contribution in [0.2, 0.25) is 0 Å². The summed E-state index contributed by atoms with van der Waals surface area (Å²) < 4.78 is 79.0. The summed E-state index contributed by atoms with van der Waals surface area (Å²) in [5.74, 6) is 2.97. The number of amides is 3. The third-order valence-corrected chi connectivity index (χ3v) is 14.7. The molecule has 10 aliphatic rings. The molecule has 10 nitrogen and oxygen atoms in total. The number of fused-ring (bicyclic) bond motifs is 9. The quantitative estimate of drug-likeness (QED) is 0.0604. The molecule has 1 aliphatic heterocycles. The van der Waals surface area contributed by atoms with Gasteiger partial charge in [-0.2, -0.15) is 0 Å². The zero-order valence-electron chi connectivity index (χ0n) is 50.5. The molecule has 9 saturated carbocycles. The molecule has 3 amide bonds. The number of ether oxygens (including phenoxy) is 4. The molecule has 21 heteroatoms.